The Bertz CT molecular complexity index is 598. The van der Waals surface area contributed by atoms with E-state index >= 15 is 0 Å². The van der Waals surface area contributed by atoms with E-state index in [0.29, 0.717) is 44.9 Å². The molecule has 0 spiro atoms. The first kappa shape index (κ1) is 29.3. The fourth-order valence-corrected chi connectivity index (χ4v) is 3.35. The van der Waals surface area contributed by atoms with Crippen LogP contribution in [-0.2, 0) is 18.9 Å². The lowest BCUT2D eigenvalue weighted by atomic mass is 10.2. The molecule has 0 amide bonds. The van der Waals surface area contributed by atoms with Crippen LogP contribution in [0.25, 0.3) is 0 Å². The fraction of sp³-hybridized carbons (Fsp3) is 0.870. The molecule has 1 aromatic rings. The summed E-state index contributed by atoms with van der Waals surface area (Å²) in [6.45, 7) is 15.0. The highest BCUT2D eigenvalue weighted by Crippen LogP contribution is 2.16. The van der Waals surface area contributed by atoms with Gasteiger partial charge in [-0.2, -0.15) is 15.0 Å². The standard InChI is InChI=1S/C23H46N6O4/c1-6-11-17-29(18-13-15-20(32-9-4)33-10-5)23-27-21(24)26-22(28-23)25-16-12-14-19(30-7-2)31-8-3/h19-20H,6-18H2,1-5H3,(H3,24,25,26,27,28). The van der Waals surface area contributed by atoms with Crippen LogP contribution in [0.2, 0.25) is 0 Å². The molecule has 0 aliphatic rings. The average Bonchev–Trinajstić information content (AvgIpc) is 2.79. The van der Waals surface area contributed by atoms with Gasteiger partial charge in [0.15, 0.2) is 12.6 Å². The summed E-state index contributed by atoms with van der Waals surface area (Å²) < 4.78 is 22.5. The van der Waals surface area contributed by atoms with E-state index in [1.165, 1.54) is 0 Å². The van der Waals surface area contributed by atoms with Gasteiger partial charge in [0.05, 0.1) is 0 Å². The molecule has 0 aliphatic carbocycles. The van der Waals surface area contributed by atoms with Gasteiger partial charge in [0.1, 0.15) is 0 Å². The van der Waals surface area contributed by atoms with Gasteiger partial charge < -0.3 is 34.9 Å². The van der Waals surface area contributed by atoms with Crippen LogP contribution in [0.3, 0.4) is 0 Å². The Morgan fingerprint density at radius 1 is 0.758 bits per heavy atom. The minimum absolute atomic E-state index is 0.175. The van der Waals surface area contributed by atoms with Crippen molar-refractivity contribution < 1.29 is 18.9 Å². The van der Waals surface area contributed by atoms with E-state index in [9.17, 15) is 0 Å². The average molecular weight is 471 g/mol. The second-order valence-corrected chi connectivity index (χ2v) is 7.55. The number of nitrogens with zero attached hydrogens (tertiary/aromatic N) is 4. The normalized spacial score (nSPS) is 11.5. The first-order valence-corrected chi connectivity index (χ1v) is 12.5. The number of hydrogen-bond acceptors (Lipinski definition) is 10. The Morgan fingerprint density at radius 2 is 1.30 bits per heavy atom. The topological polar surface area (TPSA) is 117 Å². The third-order valence-corrected chi connectivity index (χ3v) is 4.88. The molecule has 1 rings (SSSR count). The van der Waals surface area contributed by atoms with E-state index in [0.717, 1.165) is 51.6 Å². The SMILES string of the molecule is CCCCN(CCCC(OCC)OCC)c1nc(N)nc(NCCCC(OCC)OCC)n1. The molecule has 0 unspecified atom stereocenters. The number of anilines is 3. The third kappa shape index (κ3) is 12.9. The van der Waals surface area contributed by atoms with Gasteiger partial charge in [-0.15, -0.1) is 0 Å². The molecule has 1 heterocycles. The molecule has 0 saturated carbocycles. The van der Waals surface area contributed by atoms with Gasteiger partial charge in [-0.05, 0) is 47.0 Å². The lowest BCUT2D eigenvalue weighted by Crippen LogP contribution is -2.30. The van der Waals surface area contributed by atoms with Gasteiger partial charge in [0.2, 0.25) is 17.8 Å². The van der Waals surface area contributed by atoms with Crippen molar-refractivity contribution in [3.8, 4) is 0 Å². The van der Waals surface area contributed by atoms with Crippen molar-refractivity contribution in [2.24, 2.45) is 0 Å². The Morgan fingerprint density at radius 3 is 1.85 bits per heavy atom. The fourth-order valence-electron chi connectivity index (χ4n) is 3.35. The first-order valence-electron chi connectivity index (χ1n) is 12.5. The molecule has 0 aliphatic heterocycles. The Labute approximate surface area is 199 Å². The molecule has 10 nitrogen and oxygen atoms in total. The summed E-state index contributed by atoms with van der Waals surface area (Å²) in [5, 5.41) is 3.26. The molecule has 33 heavy (non-hydrogen) atoms. The number of aromatic nitrogens is 3. The molecule has 0 bridgehead atoms. The first-order chi connectivity index (χ1) is 16.1. The number of rotatable bonds is 21. The number of nitrogens with one attached hydrogen (secondary N) is 1. The highest BCUT2D eigenvalue weighted by molar-refractivity contribution is 5.41. The second kappa shape index (κ2) is 18.7. The predicted molar refractivity (Wildman–Crippen MR) is 132 cm³/mol. The van der Waals surface area contributed by atoms with Gasteiger partial charge in [-0.25, -0.2) is 0 Å². The van der Waals surface area contributed by atoms with Crippen LogP contribution >= 0.6 is 0 Å². The van der Waals surface area contributed by atoms with E-state index in [-0.39, 0.29) is 18.5 Å². The largest absolute Gasteiger partial charge is 0.368 e. The molecule has 0 radical (unpaired) electrons. The van der Waals surface area contributed by atoms with Crippen LogP contribution < -0.4 is 16.0 Å². The van der Waals surface area contributed by atoms with Crippen molar-refractivity contribution >= 4 is 17.8 Å². The van der Waals surface area contributed by atoms with E-state index in [1.54, 1.807) is 0 Å². The van der Waals surface area contributed by atoms with Crippen LogP contribution in [0, 0.1) is 0 Å². The lowest BCUT2D eigenvalue weighted by Gasteiger charge is -2.24. The predicted octanol–water partition coefficient (Wildman–Crippen LogP) is 3.83. The maximum atomic E-state index is 6.00. The van der Waals surface area contributed by atoms with Crippen LogP contribution in [-0.4, -0.2) is 73.6 Å². The highest BCUT2D eigenvalue weighted by atomic mass is 16.7. The smallest absolute Gasteiger partial charge is 0.231 e. The molecule has 1 aromatic heterocycles. The van der Waals surface area contributed by atoms with Crippen LogP contribution in [0.1, 0.15) is 73.1 Å². The number of ether oxygens (including phenoxy) is 4. The summed E-state index contributed by atoms with van der Waals surface area (Å²) >= 11 is 0. The molecule has 3 N–H and O–H groups in total. The molecular formula is C23H46N6O4. The number of nitrogen functional groups attached to an aromatic ring is 1. The van der Waals surface area contributed by atoms with E-state index in [1.807, 2.05) is 27.7 Å². The number of hydrogen-bond donors (Lipinski definition) is 2. The Hall–Kier alpha value is -1.75. The van der Waals surface area contributed by atoms with Crippen molar-refractivity contribution in [2.45, 2.75) is 85.7 Å². The van der Waals surface area contributed by atoms with Crippen molar-refractivity contribution in [1.29, 1.82) is 0 Å². The molecular weight excluding hydrogens is 424 g/mol. The van der Waals surface area contributed by atoms with Crippen LogP contribution in [0.5, 0.6) is 0 Å². The van der Waals surface area contributed by atoms with Gasteiger partial charge in [0, 0.05) is 58.9 Å². The summed E-state index contributed by atoms with van der Waals surface area (Å²) in [4.78, 5) is 15.5. The molecule has 10 heteroatoms. The van der Waals surface area contributed by atoms with Gasteiger partial charge in [-0.3, -0.25) is 0 Å². The third-order valence-electron chi connectivity index (χ3n) is 4.88. The van der Waals surface area contributed by atoms with Crippen molar-refractivity contribution in [3.05, 3.63) is 0 Å². The molecule has 0 aromatic carbocycles. The minimum Gasteiger partial charge on any atom is -0.368 e. The maximum absolute atomic E-state index is 6.00. The quantitative estimate of drug-likeness (QED) is 0.203. The summed E-state index contributed by atoms with van der Waals surface area (Å²) in [7, 11) is 0. The highest BCUT2D eigenvalue weighted by Gasteiger charge is 2.15. The summed E-state index contributed by atoms with van der Waals surface area (Å²) in [6, 6.07) is 0. The van der Waals surface area contributed by atoms with Crippen LogP contribution in [0.4, 0.5) is 17.8 Å². The monoisotopic (exact) mass is 470 g/mol. The molecule has 0 saturated heterocycles. The van der Waals surface area contributed by atoms with Gasteiger partial charge >= 0.3 is 0 Å². The Kier molecular flexibility index (Phi) is 16.6. The summed E-state index contributed by atoms with van der Waals surface area (Å²) in [6.07, 6.45) is 5.16. The van der Waals surface area contributed by atoms with E-state index in [2.05, 4.69) is 32.1 Å². The van der Waals surface area contributed by atoms with Gasteiger partial charge in [0.25, 0.3) is 0 Å². The zero-order chi connectivity index (χ0) is 24.3. The molecule has 192 valence electrons. The second-order valence-electron chi connectivity index (χ2n) is 7.55. The van der Waals surface area contributed by atoms with Crippen LogP contribution in [0.15, 0.2) is 0 Å². The zero-order valence-corrected chi connectivity index (χ0v) is 21.3. The Balaban J connectivity index is 2.69. The van der Waals surface area contributed by atoms with Crippen molar-refractivity contribution in [2.75, 3.05) is 62.0 Å². The number of nitrogens with two attached hydrogens (primary N) is 1. The summed E-state index contributed by atoms with van der Waals surface area (Å²) in [5.74, 6) is 1.31. The van der Waals surface area contributed by atoms with Crippen molar-refractivity contribution in [1.82, 2.24) is 15.0 Å². The molecule has 0 atom stereocenters. The zero-order valence-electron chi connectivity index (χ0n) is 21.3. The maximum Gasteiger partial charge on any atom is 0.231 e. The summed E-state index contributed by atoms with van der Waals surface area (Å²) in [5.41, 5.74) is 6.00. The number of unbranched alkanes of at least 4 members (excludes halogenated alkanes) is 1. The van der Waals surface area contributed by atoms with E-state index < -0.39 is 0 Å². The van der Waals surface area contributed by atoms with E-state index in [4.69, 9.17) is 24.7 Å². The lowest BCUT2D eigenvalue weighted by molar-refractivity contribution is -0.139. The minimum atomic E-state index is -0.178. The van der Waals surface area contributed by atoms with Gasteiger partial charge in [-0.1, -0.05) is 13.3 Å². The molecule has 0 fully saturated rings. The van der Waals surface area contributed by atoms with Crippen molar-refractivity contribution in [3.63, 3.8) is 0 Å².